The summed E-state index contributed by atoms with van der Waals surface area (Å²) in [6.07, 6.45) is -0.103. The maximum Gasteiger partial charge on any atom is 0.271 e. The lowest BCUT2D eigenvalue weighted by Crippen LogP contribution is -2.21. The summed E-state index contributed by atoms with van der Waals surface area (Å²) in [6, 6.07) is 8.10. The molecule has 0 aliphatic carbocycles. The van der Waals surface area contributed by atoms with Gasteiger partial charge < -0.3 is 14.8 Å². The van der Waals surface area contributed by atoms with Crippen molar-refractivity contribution in [2.45, 2.75) is 13.3 Å². The zero-order chi connectivity index (χ0) is 22.3. The van der Waals surface area contributed by atoms with E-state index < -0.39 is 16.7 Å². The van der Waals surface area contributed by atoms with Crippen LogP contribution >= 0.6 is 11.6 Å². The molecule has 30 heavy (non-hydrogen) atoms. The van der Waals surface area contributed by atoms with Crippen molar-refractivity contribution in [1.82, 2.24) is 5.43 Å². The number of methoxy groups -OCH3 is 2. The first-order valence-corrected chi connectivity index (χ1v) is 8.92. The van der Waals surface area contributed by atoms with Crippen LogP contribution in [0.25, 0.3) is 0 Å². The molecule has 2 amide bonds. The number of hydrazone groups is 1. The van der Waals surface area contributed by atoms with E-state index in [0.29, 0.717) is 27.9 Å². The molecule has 0 heterocycles. The van der Waals surface area contributed by atoms with Crippen LogP contribution in [-0.4, -0.2) is 36.7 Å². The van der Waals surface area contributed by atoms with Crippen LogP contribution in [0.2, 0.25) is 5.02 Å². The monoisotopic (exact) mass is 434 g/mol. The molecule has 10 nitrogen and oxygen atoms in total. The Morgan fingerprint density at radius 1 is 1.13 bits per heavy atom. The van der Waals surface area contributed by atoms with Gasteiger partial charge in [-0.25, -0.2) is 5.43 Å². The SMILES string of the molecule is COc1cc(NC(=O)C/C(C)=N/NC(=O)c2ccc([N+](=O)[O-])cc2)c(OC)cc1Cl. The van der Waals surface area contributed by atoms with E-state index in [-0.39, 0.29) is 17.7 Å². The summed E-state index contributed by atoms with van der Waals surface area (Å²) in [7, 11) is 2.89. The molecule has 2 aromatic carbocycles. The number of nitrogens with zero attached hydrogens (tertiary/aromatic N) is 2. The molecule has 0 atom stereocenters. The number of nitro benzene ring substituents is 1. The number of halogens is 1. The number of rotatable bonds is 8. The number of nitro groups is 1. The highest BCUT2D eigenvalue weighted by molar-refractivity contribution is 6.32. The van der Waals surface area contributed by atoms with Gasteiger partial charge in [0.05, 0.1) is 36.3 Å². The Labute approximate surface area is 177 Å². The predicted molar refractivity (Wildman–Crippen MR) is 111 cm³/mol. The van der Waals surface area contributed by atoms with Crippen LogP contribution in [-0.2, 0) is 4.79 Å². The molecule has 0 aliphatic heterocycles. The van der Waals surface area contributed by atoms with Crippen molar-refractivity contribution in [3.63, 3.8) is 0 Å². The van der Waals surface area contributed by atoms with Crippen LogP contribution in [0.4, 0.5) is 11.4 Å². The van der Waals surface area contributed by atoms with E-state index in [1.54, 1.807) is 6.92 Å². The summed E-state index contributed by atoms with van der Waals surface area (Å²) in [5.74, 6) is -0.235. The van der Waals surface area contributed by atoms with Crippen LogP contribution in [0, 0.1) is 10.1 Å². The van der Waals surface area contributed by atoms with Gasteiger partial charge in [-0.05, 0) is 19.1 Å². The zero-order valence-electron chi connectivity index (χ0n) is 16.4. The molecule has 0 bridgehead atoms. The van der Waals surface area contributed by atoms with Crippen molar-refractivity contribution < 1.29 is 24.0 Å². The van der Waals surface area contributed by atoms with Crippen LogP contribution < -0.4 is 20.2 Å². The summed E-state index contributed by atoms with van der Waals surface area (Å²) >= 11 is 6.04. The van der Waals surface area contributed by atoms with E-state index in [1.165, 1.54) is 50.6 Å². The van der Waals surface area contributed by atoms with E-state index in [9.17, 15) is 19.7 Å². The normalized spacial score (nSPS) is 10.9. The van der Waals surface area contributed by atoms with Gasteiger partial charge in [0.1, 0.15) is 11.5 Å². The van der Waals surface area contributed by atoms with E-state index in [0.717, 1.165) is 0 Å². The highest BCUT2D eigenvalue weighted by Crippen LogP contribution is 2.35. The fraction of sp³-hybridized carbons (Fsp3) is 0.211. The average molecular weight is 435 g/mol. The van der Waals surface area contributed by atoms with E-state index in [4.69, 9.17) is 21.1 Å². The third-order valence-corrected chi connectivity index (χ3v) is 4.15. The summed E-state index contributed by atoms with van der Waals surface area (Å²) in [6.45, 7) is 1.56. The second-order valence-electron chi connectivity index (χ2n) is 6.00. The second-order valence-corrected chi connectivity index (χ2v) is 6.41. The number of hydrogen-bond donors (Lipinski definition) is 2. The molecule has 0 spiro atoms. The minimum absolute atomic E-state index is 0.103. The van der Waals surface area contributed by atoms with Crippen LogP contribution in [0.15, 0.2) is 41.5 Å². The zero-order valence-corrected chi connectivity index (χ0v) is 17.1. The Morgan fingerprint density at radius 2 is 1.77 bits per heavy atom. The molecule has 2 aromatic rings. The molecule has 11 heteroatoms. The van der Waals surface area contributed by atoms with Gasteiger partial charge in [0.25, 0.3) is 11.6 Å². The number of amides is 2. The van der Waals surface area contributed by atoms with Crippen molar-refractivity contribution in [3.8, 4) is 11.5 Å². The fourth-order valence-electron chi connectivity index (χ4n) is 2.37. The molecular weight excluding hydrogens is 416 g/mol. The number of carbonyl (C=O) groups is 2. The Kier molecular flexibility index (Phi) is 7.70. The van der Waals surface area contributed by atoms with Crippen LogP contribution in [0.3, 0.4) is 0 Å². The van der Waals surface area contributed by atoms with E-state index in [1.807, 2.05) is 0 Å². The van der Waals surface area contributed by atoms with Crippen molar-refractivity contribution in [1.29, 1.82) is 0 Å². The molecule has 0 aliphatic rings. The van der Waals surface area contributed by atoms with Gasteiger partial charge in [-0.1, -0.05) is 11.6 Å². The first-order valence-electron chi connectivity index (χ1n) is 8.54. The lowest BCUT2D eigenvalue weighted by Gasteiger charge is -2.13. The van der Waals surface area contributed by atoms with Crippen molar-refractivity contribution in [2.24, 2.45) is 5.10 Å². The number of nitrogens with one attached hydrogen (secondary N) is 2. The number of carbonyl (C=O) groups excluding carboxylic acids is 2. The quantitative estimate of drug-likeness (QED) is 0.371. The first-order chi connectivity index (χ1) is 14.2. The summed E-state index contributed by atoms with van der Waals surface area (Å²) < 4.78 is 10.3. The van der Waals surface area contributed by atoms with Crippen LogP contribution in [0.5, 0.6) is 11.5 Å². The van der Waals surface area contributed by atoms with Gasteiger partial charge in [-0.15, -0.1) is 0 Å². The molecule has 0 fully saturated rings. The minimum atomic E-state index is -0.562. The highest BCUT2D eigenvalue weighted by atomic mass is 35.5. The standard InChI is InChI=1S/C19H19ClN4O6/c1-11(22-23-19(26)12-4-6-13(7-5-12)24(27)28)8-18(25)21-15-10-16(29-2)14(20)9-17(15)30-3/h4-7,9-10H,8H2,1-3H3,(H,21,25)(H,23,26)/b22-11+. The lowest BCUT2D eigenvalue weighted by atomic mass is 10.2. The van der Waals surface area contributed by atoms with Crippen molar-refractivity contribution >= 4 is 40.5 Å². The summed E-state index contributed by atoms with van der Waals surface area (Å²) in [4.78, 5) is 34.4. The van der Waals surface area contributed by atoms with Gasteiger partial charge in [0.15, 0.2) is 0 Å². The highest BCUT2D eigenvalue weighted by Gasteiger charge is 2.14. The van der Waals surface area contributed by atoms with Gasteiger partial charge in [0.2, 0.25) is 5.91 Å². The summed E-state index contributed by atoms with van der Waals surface area (Å²) in [5, 5.41) is 17.5. The maximum atomic E-state index is 12.3. The molecule has 0 saturated heterocycles. The third-order valence-electron chi connectivity index (χ3n) is 3.85. The maximum absolute atomic E-state index is 12.3. The van der Waals surface area contributed by atoms with Gasteiger partial charge in [0, 0.05) is 35.5 Å². The Balaban J connectivity index is 1.99. The smallest absolute Gasteiger partial charge is 0.271 e. The lowest BCUT2D eigenvalue weighted by molar-refractivity contribution is -0.384. The van der Waals surface area contributed by atoms with Gasteiger partial charge in [-0.2, -0.15) is 5.10 Å². The molecule has 158 valence electrons. The number of benzene rings is 2. The molecule has 2 N–H and O–H groups in total. The molecular formula is C19H19ClN4O6. The second kappa shape index (κ2) is 10.2. The number of ether oxygens (including phenoxy) is 2. The molecule has 0 unspecified atom stereocenters. The Bertz CT molecular complexity index is 991. The van der Waals surface area contributed by atoms with Crippen LogP contribution in [0.1, 0.15) is 23.7 Å². The van der Waals surface area contributed by atoms with Gasteiger partial charge in [-0.3, -0.25) is 19.7 Å². The number of anilines is 1. The minimum Gasteiger partial charge on any atom is -0.495 e. The Hall–Kier alpha value is -3.66. The predicted octanol–water partition coefficient (Wildman–Crippen LogP) is 3.40. The van der Waals surface area contributed by atoms with E-state index >= 15 is 0 Å². The van der Waals surface area contributed by atoms with Crippen molar-refractivity contribution in [2.75, 3.05) is 19.5 Å². The largest absolute Gasteiger partial charge is 0.495 e. The fourth-order valence-corrected chi connectivity index (χ4v) is 2.60. The molecule has 0 radical (unpaired) electrons. The van der Waals surface area contributed by atoms with E-state index in [2.05, 4.69) is 15.8 Å². The Morgan fingerprint density at radius 3 is 2.33 bits per heavy atom. The number of hydrogen-bond acceptors (Lipinski definition) is 7. The topological polar surface area (TPSA) is 132 Å². The van der Waals surface area contributed by atoms with Crippen molar-refractivity contribution in [3.05, 3.63) is 57.1 Å². The third kappa shape index (κ3) is 5.92. The molecule has 2 rings (SSSR count). The molecule has 0 aromatic heterocycles. The van der Waals surface area contributed by atoms with Gasteiger partial charge >= 0.3 is 0 Å². The average Bonchev–Trinajstić information content (AvgIpc) is 2.72. The first kappa shape index (κ1) is 22.6. The number of non-ortho nitro benzene ring substituents is 1. The summed E-state index contributed by atoms with van der Waals surface area (Å²) in [5.41, 5.74) is 3.07. The molecule has 0 saturated carbocycles.